The molecule has 4 heteroatoms. The Balaban J connectivity index is 1.91. The molecule has 1 saturated heterocycles. The van der Waals surface area contributed by atoms with E-state index >= 15 is 0 Å². The maximum atomic E-state index is 12.7. The second-order valence-electron chi connectivity index (χ2n) is 5.05. The van der Waals surface area contributed by atoms with Crippen molar-refractivity contribution in [1.82, 2.24) is 4.90 Å². The monoisotopic (exact) mass is 218 g/mol. The topological polar surface area (TPSA) is 29.3 Å². The van der Waals surface area contributed by atoms with Crippen LogP contribution in [-0.2, 0) is 0 Å². The van der Waals surface area contributed by atoms with Crippen LogP contribution >= 0.6 is 0 Å². The first-order valence-electron chi connectivity index (χ1n) is 5.93. The van der Waals surface area contributed by atoms with Crippen LogP contribution in [0.2, 0.25) is 0 Å². The van der Waals surface area contributed by atoms with Crippen LogP contribution in [0.25, 0.3) is 0 Å². The van der Waals surface area contributed by atoms with E-state index in [1.807, 2.05) is 0 Å². The molecule has 2 nitrogen and oxygen atoms in total. The van der Waals surface area contributed by atoms with Crippen molar-refractivity contribution < 1.29 is 8.78 Å². The lowest BCUT2D eigenvalue weighted by Gasteiger charge is -2.32. The van der Waals surface area contributed by atoms with Gasteiger partial charge in [0.2, 0.25) is 0 Å². The number of nitrogens with two attached hydrogens (primary N) is 1. The Morgan fingerprint density at radius 2 is 1.87 bits per heavy atom. The van der Waals surface area contributed by atoms with Crippen molar-refractivity contribution in [2.24, 2.45) is 5.73 Å². The molecule has 1 atom stereocenters. The molecule has 1 heterocycles. The summed E-state index contributed by atoms with van der Waals surface area (Å²) < 4.78 is 25.4. The number of halogens is 2. The van der Waals surface area contributed by atoms with Crippen molar-refractivity contribution in [2.45, 2.75) is 56.5 Å². The predicted octanol–water partition coefficient (Wildman–Crippen LogP) is 1.99. The first-order valence-corrected chi connectivity index (χ1v) is 5.93. The van der Waals surface area contributed by atoms with Crippen molar-refractivity contribution in [3.63, 3.8) is 0 Å². The smallest absolute Gasteiger partial charge is 0.257 e. The van der Waals surface area contributed by atoms with Crippen LogP contribution in [0.3, 0.4) is 0 Å². The highest BCUT2D eigenvalue weighted by Crippen LogP contribution is 2.31. The van der Waals surface area contributed by atoms with E-state index in [9.17, 15) is 8.78 Å². The first kappa shape index (κ1) is 11.3. The van der Waals surface area contributed by atoms with E-state index in [0.29, 0.717) is 19.0 Å². The Labute approximate surface area is 89.8 Å². The minimum absolute atomic E-state index is 0.384. The van der Waals surface area contributed by atoms with Crippen molar-refractivity contribution in [3.8, 4) is 0 Å². The second-order valence-corrected chi connectivity index (χ2v) is 5.05. The Hall–Kier alpha value is -0.220. The maximum absolute atomic E-state index is 12.7. The molecule has 1 saturated carbocycles. The highest BCUT2D eigenvalue weighted by Gasteiger charge is 2.44. The van der Waals surface area contributed by atoms with Crippen LogP contribution in [-0.4, -0.2) is 36.0 Å². The lowest BCUT2D eigenvalue weighted by Crippen LogP contribution is -2.50. The van der Waals surface area contributed by atoms with Crippen molar-refractivity contribution >= 4 is 0 Å². The van der Waals surface area contributed by atoms with Crippen molar-refractivity contribution in [3.05, 3.63) is 0 Å². The van der Waals surface area contributed by atoms with E-state index in [4.69, 9.17) is 5.73 Å². The average Bonchev–Trinajstić information content (AvgIpc) is 2.64. The van der Waals surface area contributed by atoms with Gasteiger partial charge >= 0.3 is 0 Å². The van der Waals surface area contributed by atoms with Crippen LogP contribution in [0.1, 0.15) is 38.5 Å². The molecule has 0 aromatic carbocycles. The van der Waals surface area contributed by atoms with E-state index in [2.05, 4.69) is 4.90 Å². The fraction of sp³-hybridized carbons (Fsp3) is 1.00. The average molecular weight is 218 g/mol. The van der Waals surface area contributed by atoms with Gasteiger partial charge in [-0.2, -0.15) is 0 Å². The molecule has 15 heavy (non-hydrogen) atoms. The molecule has 0 aromatic heterocycles. The highest BCUT2D eigenvalue weighted by molar-refractivity contribution is 4.98. The Morgan fingerprint density at radius 1 is 1.20 bits per heavy atom. The number of alkyl halides is 2. The largest absolute Gasteiger partial charge is 0.319 e. The predicted molar refractivity (Wildman–Crippen MR) is 56.0 cm³/mol. The van der Waals surface area contributed by atoms with E-state index in [0.717, 1.165) is 6.54 Å². The molecule has 2 fully saturated rings. The van der Waals surface area contributed by atoms with Gasteiger partial charge in [-0.05, 0) is 19.3 Å². The standard InChI is InChI=1S/C11H20F2N2/c12-10(13)11(14)6-7-15(8-11)9-4-2-1-3-5-9/h9-10H,1-8,14H2. The number of hydrogen-bond donors (Lipinski definition) is 1. The lowest BCUT2D eigenvalue weighted by atomic mass is 9.94. The minimum Gasteiger partial charge on any atom is -0.319 e. The lowest BCUT2D eigenvalue weighted by molar-refractivity contribution is 0.0526. The summed E-state index contributed by atoms with van der Waals surface area (Å²) in [6.45, 7) is 1.14. The Bertz CT molecular complexity index is 217. The van der Waals surface area contributed by atoms with Gasteiger partial charge in [0.05, 0.1) is 5.54 Å². The van der Waals surface area contributed by atoms with Crippen LogP contribution < -0.4 is 5.73 Å². The minimum atomic E-state index is -2.38. The summed E-state index contributed by atoms with van der Waals surface area (Å²) in [4.78, 5) is 2.19. The molecule has 2 aliphatic rings. The van der Waals surface area contributed by atoms with Gasteiger partial charge in [-0.15, -0.1) is 0 Å². The maximum Gasteiger partial charge on any atom is 0.257 e. The highest BCUT2D eigenvalue weighted by atomic mass is 19.3. The zero-order valence-corrected chi connectivity index (χ0v) is 9.09. The third-order valence-corrected chi connectivity index (χ3v) is 3.89. The number of nitrogens with zero attached hydrogens (tertiary/aromatic N) is 1. The third-order valence-electron chi connectivity index (χ3n) is 3.89. The summed E-state index contributed by atoms with van der Waals surface area (Å²) in [5.74, 6) is 0. The summed E-state index contributed by atoms with van der Waals surface area (Å²) in [6, 6.07) is 0.517. The summed E-state index contributed by atoms with van der Waals surface area (Å²) in [6.07, 6.45) is 4.18. The summed E-state index contributed by atoms with van der Waals surface area (Å²) >= 11 is 0. The number of likely N-dealkylation sites (tertiary alicyclic amines) is 1. The molecule has 0 spiro atoms. The molecule has 0 radical (unpaired) electrons. The van der Waals surface area contributed by atoms with Gasteiger partial charge in [-0.25, -0.2) is 8.78 Å². The SMILES string of the molecule is NC1(C(F)F)CCN(C2CCCCC2)C1. The van der Waals surface area contributed by atoms with Crippen molar-refractivity contribution in [2.75, 3.05) is 13.1 Å². The van der Waals surface area contributed by atoms with Gasteiger partial charge in [0.15, 0.2) is 0 Å². The number of rotatable bonds is 2. The van der Waals surface area contributed by atoms with E-state index < -0.39 is 12.0 Å². The molecule has 0 aromatic rings. The molecule has 88 valence electrons. The van der Waals surface area contributed by atoms with E-state index in [1.54, 1.807) is 0 Å². The van der Waals surface area contributed by atoms with Crippen LogP contribution in [0.5, 0.6) is 0 Å². The summed E-state index contributed by atoms with van der Waals surface area (Å²) in [7, 11) is 0. The fourth-order valence-electron chi connectivity index (χ4n) is 2.82. The molecule has 1 aliphatic carbocycles. The normalized spacial score (nSPS) is 35.2. The first-order chi connectivity index (χ1) is 7.12. The van der Waals surface area contributed by atoms with Gasteiger partial charge < -0.3 is 5.73 Å². The Kier molecular flexibility index (Phi) is 3.26. The second kappa shape index (κ2) is 4.34. The molecule has 0 bridgehead atoms. The van der Waals surface area contributed by atoms with Gasteiger partial charge in [0.1, 0.15) is 0 Å². The van der Waals surface area contributed by atoms with Gasteiger partial charge in [0, 0.05) is 19.1 Å². The zero-order chi connectivity index (χ0) is 10.9. The van der Waals surface area contributed by atoms with Gasteiger partial charge in [0.25, 0.3) is 6.43 Å². The summed E-state index contributed by atoms with van der Waals surface area (Å²) in [5, 5.41) is 0. The summed E-state index contributed by atoms with van der Waals surface area (Å²) in [5.41, 5.74) is 4.47. The van der Waals surface area contributed by atoms with Gasteiger partial charge in [-0.3, -0.25) is 4.90 Å². The van der Waals surface area contributed by atoms with E-state index in [1.165, 1.54) is 32.1 Å². The molecule has 1 unspecified atom stereocenters. The molecular weight excluding hydrogens is 198 g/mol. The zero-order valence-electron chi connectivity index (χ0n) is 9.09. The Morgan fingerprint density at radius 3 is 2.40 bits per heavy atom. The van der Waals surface area contributed by atoms with Crippen molar-refractivity contribution in [1.29, 1.82) is 0 Å². The molecule has 2 rings (SSSR count). The third kappa shape index (κ3) is 2.31. The van der Waals surface area contributed by atoms with Crippen LogP contribution in [0.4, 0.5) is 8.78 Å². The molecular formula is C11H20F2N2. The molecule has 0 amide bonds. The molecule has 2 N–H and O–H groups in total. The number of hydrogen-bond acceptors (Lipinski definition) is 2. The van der Waals surface area contributed by atoms with Gasteiger partial charge in [-0.1, -0.05) is 19.3 Å². The fourth-order valence-corrected chi connectivity index (χ4v) is 2.82. The quantitative estimate of drug-likeness (QED) is 0.768. The van der Waals surface area contributed by atoms with Crippen LogP contribution in [0, 0.1) is 0 Å². The van der Waals surface area contributed by atoms with E-state index in [-0.39, 0.29) is 0 Å². The van der Waals surface area contributed by atoms with Crippen LogP contribution in [0.15, 0.2) is 0 Å². The molecule has 1 aliphatic heterocycles.